The second kappa shape index (κ2) is 10.6. The number of ether oxygens (including phenoxy) is 1. The maximum Gasteiger partial charge on any atom is 0.326 e. The number of urea groups is 1. The van der Waals surface area contributed by atoms with Gasteiger partial charge in [0.05, 0.1) is 13.1 Å². The van der Waals surface area contributed by atoms with Crippen molar-refractivity contribution in [1.29, 1.82) is 0 Å². The number of nitrogens with one attached hydrogen (secondary N) is 1. The Kier molecular flexibility index (Phi) is 6.94. The van der Waals surface area contributed by atoms with E-state index >= 15 is 0 Å². The van der Waals surface area contributed by atoms with Crippen LogP contribution in [-0.2, 0) is 16.9 Å². The lowest BCUT2D eigenvalue weighted by atomic mass is 9.87. The Morgan fingerprint density at radius 3 is 2.41 bits per heavy atom. The van der Waals surface area contributed by atoms with E-state index in [2.05, 4.69) is 34.0 Å². The second-order valence-corrected chi connectivity index (χ2v) is 8.99. The van der Waals surface area contributed by atoms with E-state index in [1.807, 2.05) is 36.4 Å². The van der Waals surface area contributed by atoms with Crippen LogP contribution in [0.2, 0.25) is 0 Å². The predicted octanol–water partition coefficient (Wildman–Crippen LogP) is 4.28. The highest BCUT2D eigenvalue weighted by Gasteiger charge is 2.54. The Bertz CT molecular complexity index is 1670. The Balaban J connectivity index is 1.59. The summed E-state index contributed by atoms with van der Waals surface area (Å²) in [5.74, 6) is 11.5. The van der Waals surface area contributed by atoms with E-state index in [9.17, 15) is 14.7 Å². The number of nitrogens with zero attached hydrogens (tertiary/aromatic N) is 3. The third-order valence-corrected chi connectivity index (χ3v) is 6.81. The van der Waals surface area contributed by atoms with Crippen molar-refractivity contribution in [1.82, 2.24) is 19.8 Å². The number of pyridine rings is 1. The van der Waals surface area contributed by atoms with Crippen molar-refractivity contribution in [2.45, 2.75) is 25.9 Å². The molecule has 2 aromatic heterocycles. The van der Waals surface area contributed by atoms with Gasteiger partial charge >= 0.3 is 6.03 Å². The molecule has 0 aliphatic carbocycles. The molecule has 1 fully saturated rings. The topological polar surface area (TPSA) is 96.7 Å². The molecular weight excluding hydrogens is 492 g/mol. The normalized spacial score (nSPS) is 16.3. The maximum absolute atomic E-state index is 13.6. The zero-order chi connectivity index (χ0) is 27.4. The molecule has 39 heavy (non-hydrogen) atoms. The molecule has 0 bridgehead atoms. The molecule has 0 spiro atoms. The van der Waals surface area contributed by atoms with Gasteiger partial charge in [0.25, 0.3) is 5.91 Å². The molecule has 2 aromatic carbocycles. The predicted molar refractivity (Wildman–Crippen MR) is 148 cm³/mol. The lowest BCUT2D eigenvalue weighted by molar-refractivity contribution is -0.127. The molecule has 0 radical (unpaired) electrons. The van der Waals surface area contributed by atoms with Crippen molar-refractivity contribution in [3.05, 3.63) is 78.8 Å². The monoisotopic (exact) mass is 518 g/mol. The number of aromatic nitrogens is 2. The number of aromatic hydroxyl groups is 1. The minimum atomic E-state index is -1.44. The summed E-state index contributed by atoms with van der Waals surface area (Å²) in [7, 11) is 0. The van der Waals surface area contributed by atoms with Gasteiger partial charge in [0, 0.05) is 29.4 Å². The molecule has 8 heteroatoms. The van der Waals surface area contributed by atoms with Crippen molar-refractivity contribution in [3.8, 4) is 46.4 Å². The third kappa shape index (κ3) is 4.65. The number of carbonyl (C=O) groups excluding carboxylic acids is 2. The Morgan fingerprint density at radius 2 is 1.69 bits per heavy atom. The fourth-order valence-electron chi connectivity index (χ4n) is 4.83. The van der Waals surface area contributed by atoms with Crippen LogP contribution in [0, 0.1) is 23.7 Å². The molecule has 3 amide bonds. The van der Waals surface area contributed by atoms with Gasteiger partial charge in [-0.25, -0.2) is 4.79 Å². The fraction of sp³-hybridized carbons (Fsp3) is 0.194. The summed E-state index contributed by atoms with van der Waals surface area (Å²) in [6.07, 6.45) is 5.17. The van der Waals surface area contributed by atoms with Gasteiger partial charge in [-0.05, 0) is 60.9 Å². The average molecular weight is 519 g/mol. The van der Waals surface area contributed by atoms with Gasteiger partial charge < -0.3 is 14.4 Å². The van der Waals surface area contributed by atoms with E-state index in [0.29, 0.717) is 16.7 Å². The summed E-state index contributed by atoms with van der Waals surface area (Å²) in [5.41, 5.74) is 1.07. The zero-order valence-corrected chi connectivity index (χ0v) is 21.6. The van der Waals surface area contributed by atoms with Crippen LogP contribution >= 0.6 is 0 Å². The summed E-state index contributed by atoms with van der Waals surface area (Å²) >= 11 is 0. The number of rotatable bonds is 7. The van der Waals surface area contributed by atoms with Crippen molar-refractivity contribution in [2.75, 3.05) is 13.2 Å². The Hall–Kier alpha value is -5.21. The lowest BCUT2D eigenvalue weighted by Crippen LogP contribution is -2.50. The van der Waals surface area contributed by atoms with Crippen molar-refractivity contribution in [3.63, 3.8) is 0 Å². The summed E-state index contributed by atoms with van der Waals surface area (Å²) in [6, 6.07) is 16.1. The van der Waals surface area contributed by atoms with Gasteiger partial charge in [-0.15, -0.1) is 11.8 Å². The van der Waals surface area contributed by atoms with E-state index in [0.717, 1.165) is 16.5 Å². The van der Waals surface area contributed by atoms with Gasteiger partial charge in [0.2, 0.25) is 0 Å². The Morgan fingerprint density at radius 1 is 0.974 bits per heavy atom. The van der Waals surface area contributed by atoms with Crippen LogP contribution in [-0.4, -0.2) is 44.6 Å². The third-order valence-electron chi connectivity index (χ3n) is 6.81. The molecule has 1 saturated heterocycles. The minimum absolute atomic E-state index is 0.0219. The molecule has 1 aliphatic rings. The molecule has 8 nitrogen and oxygen atoms in total. The summed E-state index contributed by atoms with van der Waals surface area (Å²) in [5, 5.41) is 14.9. The largest absolute Gasteiger partial charge is 0.494 e. The minimum Gasteiger partial charge on any atom is -0.494 e. The van der Waals surface area contributed by atoms with Crippen molar-refractivity contribution < 1.29 is 19.4 Å². The first-order valence-electron chi connectivity index (χ1n) is 12.4. The number of benzene rings is 2. The highest BCUT2D eigenvalue weighted by Crippen LogP contribution is 2.39. The van der Waals surface area contributed by atoms with E-state index in [-0.39, 0.29) is 25.6 Å². The highest BCUT2D eigenvalue weighted by atomic mass is 16.5. The first kappa shape index (κ1) is 25.4. The summed E-state index contributed by atoms with van der Waals surface area (Å²) in [6.45, 7) is 3.69. The second-order valence-electron chi connectivity index (χ2n) is 8.99. The van der Waals surface area contributed by atoms with E-state index in [4.69, 9.17) is 4.74 Å². The Labute approximate surface area is 226 Å². The molecule has 5 rings (SSSR count). The van der Waals surface area contributed by atoms with Gasteiger partial charge in [-0.3, -0.25) is 20.0 Å². The molecule has 0 unspecified atom stereocenters. The first-order chi connectivity index (χ1) is 19.0. The van der Waals surface area contributed by atoms with Crippen molar-refractivity contribution in [2.24, 2.45) is 0 Å². The number of fused-ring (bicyclic) bond motifs is 1. The number of carbonyl (C=O) groups is 2. The molecule has 1 aliphatic heterocycles. The molecule has 194 valence electrons. The lowest BCUT2D eigenvalue weighted by Gasteiger charge is -2.35. The molecule has 0 saturated carbocycles. The maximum atomic E-state index is 13.6. The average Bonchev–Trinajstić information content (AvgIpc) is 3.39. The number of hydrogen-bond donors (Lipinski definition) is 2. The van der Waals surface area contributed by atoms with Crippen LogP contribution in [0.25, 0.3) is 21.9 Å². The van der Waals surface area contributed by atoms with Crippen LogP contribution in [0.15, 0.2) is 73.2 Å². The van der Waals surface area contributed by atoms with E-state index < -0.39 is 17.5 Å². The van der Waals surface area contributed by atoms with Crippen LogP contribution in [0.5, 0.6) is 11.6 Å². The standard InChI is InChI=1S/C31H26N4O4/c1-3-5-17-35-30(38)33-29(37)31(35,25-9-7-22(8-10-25)23-13-15-32-16-14-23)21-34-20-24-19-26(39-18-6-4-2)11-12-27(24)28(34)36/h7-16,19-20,36H,17-18,21H2,1-2H3,(H,33,37,38)/t31-/m0/s1. The molecule has 4 aromatic rings. The first-order valence-corrected chi connectivity index (χ1v) is 12.4. The molecule has 3 heterocycles. The quantitative estimate of drug-likeness (QED) is 0.281. The van der Waals surface area contributed by atoms with Gasteiger partial charge in [0.1, 0.15) is 12.4 Å². The smallest absolute Gasteiger partial charge is 0.326 e. The summed E-state index contributed by atoms with van der Waals surface area (Å²) < 4.78 is 7.25. The van der Waals surface area contributed by atoms with E-state index in [1.54, 1.807) is 55.2 Å². The molecular formula is C31H26N4O4. The number of imide groups is 1. The van der Waals surface area contributed by atoms with Gasteiger partial charge in [-0.1, -0.05) is 36.1 Å². The van der Waals surface area contributed by atoms with Crippen LogP contribution in [0.3, 0.4) is 0 Å². The number of hydrogen-bond acceptors (Lipinski definition) is 5. The highest BCUT2D eigenvalue weighted by molar-refractivity contribution is 6.07. The van der Waals surface area contributed by atoms with Gasteiger partial charge in [-0.2, -0.15) is 0 Å². The molecule has 1 atom stereocenters. The zero-order valence-electron chi connectivity index (χ0n) is 21.6. The van der Waals surface area contributed by atoms with Crippen LogP contribution in [0.4, 0.5) is 4.79 Å². The van der Waals surface area contributed by atoms with Crippen molar-refractivity contribution >= 4 is 22.7 Å². The fourth-order valence-corrected chi connectivity index (χ4v) is 4.83. The number of amides is 3. The summed E-state index contributed by atoms with van der Waals surface area (Å²) in [4.78, 5) is 32.1. The van der Waals surface area contributed by atoms with Gasteiger partial charge in [0.15, 0.2) is 11.4 Å². The van der Waals surface area contributed by atoms with E-state index in [1.165, 1.54) is 4.90 Å². The van der Waals surface area contributed by atoms with Crippen LogP contribution in [0.1, 0.15) is 19.4 Å². The van der Waals surface area contributed by atoms with Crippen LogP contribution < -0.4 is 10.1 Å². The SMILES string of the molecule is CC#CCOc1ccc2c(O)n(C[C@]3(c4ccc(-c5ccncc5)cc4)C(=O)NC(=O)N3CC#CC)cc2c1. The molecule has 2 N–H and O–H groups in total.